The van der Waals surface area contributed by atoms with E-state index in [1.54, 1.807) is 45.0 Å². The predicted molar refractivity (Wildman–Crippen MR) is 78.1 cm³/mol. The second kappa shape index (κ2) is 5.44. The molecule has 2 rings (SSSR count). The maximum atomic E-state index is 11.6. The van der Waals surface area contributed by atoms with Crippen molar-refractivity contribution >= 4 is 16.9 Å². The SMILES string of the molecule is C=C(C)C(=O)OC(C)(C)Oc1cc(=O)oc2ccccc12. The Morgan fingerprint density at radius 2 is 1.95 bits per heavy atom. The number of hydrogen-bond donors (Lipinski definition) is 0. The summed E-state index contributed by atoms with van der Waals surface area (Å²) in [6, 6.07) is 8.18. The molecule has 0 aliphatic carbocycles. The maximum Gasteiger partial charge on any atom is 0.339 e. The summed E-state index contributed by atoms with van der Waals surface area (Å²) in [5.74, 6) is -1.51. The van der Waals surface area contributed by atoms with Gasteiger partial charge in [0.1, 0.15) is 11.3 Å². The lowest BCUT2D eigenvalue weighted by molar-refractivity contribution is -0.181. The molecule has 0 aliphatic rings. The third-order valence-corrected chi connectivity index (χ3v) is 2.65. The van der Waals surface area contributed by atoms with E-state index in [4.69, 9.17) is 13.9 Å². The molecule has 0 radical (unpaired) electrons. The molecule has 0 amide bonds. The molecule has 0 saturated heterocycles. The molecule has 0 N–H and O–H groups in total. The lowest BCUT2D eigenvalue weighted by Gasteiger charge is -2.26. The van der Waals surface area contributed by atoms with Gasteiger partial charge in [-0.1, -0.05) is 18.7 Å². The molecular weight excluding hydrogens is 272 g/mol. The zero-order chi connectivity index (χ0) is 15.6. The van der Waals surface area contributed by atoms with Crippen molar-refractivity contribution in [3.63, 3.8) is 0 Å². The van der Waals surface area contributed by atoms with Gasteiger partial charge in [-0.05, 0) is 19.1 Å². The molecule has 0 bridgehead atoms. The second-order valence-corrected chi connectivity index (χ2v) is 5.10. The summed E-state index contributed by atoms with van der Waals surface area (Å²) in [4.78, 5) is 23.1. The number of hydrogen-bond acceptors (Lipinski definition) is 5. The van der Waals surface area contributed by atoms with Gasteiger partial charge in [-0.25, -0.2) is 9.59 Å². The minimum atomic E-state index is -1.24. The molecule has 2 aromatic rings. The fraction of sp³-hybridized carbons (Fsp3) is 0.250. The first kappa shape index (κ1) is 14.8. The van der Waals surface area contributed by atoms with E-state index in [1.807, 2.05) is 0 Å². The Kier molecular flexibility index (Phi) is 3.84. The van der Waals surface area contributed by atoms with Gasteiger partial charge in [0.25, 0.3) is 0 Å². The van der Waals surface area contributed by atoms with E-state index < -0.39 is 17.4 Å². The number of ether oxygens (including phenoxy) is 2. The molecular formula is C16H16O5. The Morgan fingerprint density at radius 1 is 1.29 bits per heavy atom. The van der Waals surface area contributed by atoms with Crippen LogP contribution in [-0.4, -0.2) is 11.8 Å². The summed E-state index contributed by atoms with van der Waals surface area (Å²) in [5, 5.41) is 0.622. The molecule has 0 unspecified atom stereocenters. The van der Waals surface area contributed by atoms with Crippen molar-refractivity contribution in [1.29, 1.82) is 0 Å². The van der Waals surface area contributed by atoms with Gasteiger partial charge >= 0.3 is 11.6 Å². The van der Waals surface area contributed by atoms with Crippen LogP contribution in [0.25, 0.3) is 11.0 Å². The van der Waals surface area contributed by atoms with E-state index in [9.17, 15) is 9.59 Å². The Morgan fingerprint density at radius 3 is 2.62 bits per heavy atom. The maximum absolute atomic E-state index is 11.6. The topological polar surface area (TPSA) is 65.7 Å². The fourth-order valence-corrected chi connectivity index (χ4v) is 1.76. The molecule has 1 aromatic heterocycles. The second-order valence-electron chi connectivity index (χ2n) is 5.10. The predicted octanol–water partition coefficient (Wildman–Crippen LogP) is 3.03. The summed E-state index contributed by atoms with van der Waals surface area (Å²) in [5.41, 5.74) is 0.136. The monoisotopic (exact) mass is 288 g/mol. The molecule has 0 atom stereocenters. The van der Waals surface area contributed by atoms with Crippen LogP contribution in [0.5, 0.6) is 5.75 Å². The highest BCUT2D eigenvalue weighted by Gasteiger charge is 2.26. The van der Waals surface area contributed by atoms with E-state index in [2.05, 4.69) is 6.58 Å². The molecule has 5 nitrogen and oxygen atoms in total. The molecule has 110 valence electrons. The average molecular weight is 288 g/mol. The quantitative estimate of drug-likeness (QED) is 0.374. The zero-order valence-corrected chi connectivity index (χ0v) is 12.1. The van der Waals surface area contributed by atoms with Gasteiger partial charge < -0.3 is 13.9 Å². The first-order chi connectivity index (χ1) is 9.78. The molecule has 0 aliphatic heterocycles. The summed E-state index contributed by atoms with van der Waals surface area (Å²) in [7, 11) is 0. The van der Waals surface area contributed by atoms with Gasteiger partial charge in [0.15, 0.2) is 0 Å². The lowest BCUT2D eigenvalue weighted by atomic mass is 10.2. The van der Waals surface area contributed by atoms with Crippen LogP contribution >= 0.6 is 0 Å². The number of para-hydroxylation sites is 1. The smallest absolute Gasteiger partial charge is 0.339 e. The van der Waals surface area contributed by atoms with Gasteiger partial charge in [0.05, 0.1) is 11.5 Å². The standard InChI is InChI=1S/C16H16O5/c1-10(2)15(18)21-16(3,4)20-13-9-14(17)19-12-8-6-5-7-11(12)13/h5-9H,1H2,2-4H3. The van der Waals surface area contributed by atoms with Crippen molar-refractivity contribution in [1.82, 2.24) is 0 Å². The van der Waals surface area contributed by atoms with Crippen molar-refractivity contribution < 1.29 is 18.7 Å². The zero-order valence-electron chi connectivity index (χ0n) is 12.1. The molecule has 21 heavy (non-hydrogen) atoms. The Labute approximate surface area is 121 Å². The highest BCUT2D eigenvalue weighted by molar-refractivity contribution is 5.87. The minimum Gasteiger partial charge on any atom is -0.452 e. The van der Waals surface area contributed by atoms with Crippen LogP contribution in [0.15, 0.2) is 51.7 Å². The molecule has 0 fully saturated rings. The Hall–Kier alpha value is -2.56. The van der Waals surface area contributed by atoms with E-state index in [0.29, 0.717) is 16.7 Å². The molecule has 1 aromatic carbocycles. The molecule has 1 heterocycles. The van der Waals surface area contributed by atoms with Crippen LogP contribution in [-0.2, 0) is 9.53 Å². The largest absolute Gasteiger partial charge is 0.452 e. The number of esters is 1. The van der Waals surface area contributed by atoms with Crippen LogP contribution in [0.2, 0.25) is 0 Å². The number of carbonyl (C=O) groups is 1. The Bertz CT molecular complexity index is 755. The normalized spacial score (nSPS) is 11.2. The summed E-state index contributed by atoms with van der Waals surface area (Å²) >= 11 is 0. The van der Waals surface area contributed by atoms with E-state index in [0.717, 1.165) is 0 Å². The highest BCUT2D eigenvalue weighted by Crippen LogP contribution is 2.27. The number of rotatable bonds is 4. The van der Waals surface area contributed by atoms with Crippen LogP contribution in [0.1, 0.15) is 20.8 Å². The molecule has 0 saturated carbocycles. The van der Waals surface area contributed by atoms with Gasteiger partial charge in [-0.2, -0.15) is 0 Å². The van der Waals surface area contributed by atoms with Crippen molar-refractivity contribution in [3.05, 3.63) is 52.9 Å². The molecule has 5 heteroatoms. The average Bonchev–Trinajstić information content (AvgIpc) is 2.37. The number of fused-ring (bicyclic) bond motifs is 1. The van der Waals surface area contributed by atoms with Crippen LogP contribution < -0.4 is 10.4 Å². The minimum absolute atomic E-state index is 0.268. The van der Waals surface area contributed by atoms with E-state index in [1.165, 1.54) is 6.07 Å². The Balaban J connectivity index is 2.37. The van der Waals surface area contributed by atoms with Gasteiger partial charge in [0.2, 0.25) is 5.79 Å². The first-order valence-corrected chi connectivity index (χ1v) is 6.39. The van der Waals surface area contributed by atoms with E-state index >= 15 is 0 Å². The van der Waals surface area contributed by atoms with Crippen LogP contribution in [0, 0.1) is 0 Å². The summed E-state index contributed by atoms with van der Waals surface area (Å²) in [6.45, 7) is 8.22. The van der Waals surface area contributed by atoms with Crippen molar-refractivity contribution in [2.75, 3.05) is 0 Å². The van der Waals surface area contributed by atoms with Crippen molar-refractivity contribution in [3.8, 4) is 5.75 Å². The van der Waals surface area contributed by atoms with Crippen LogP contribution in [0.4, 0.5) is 0 Å². The van der Waals surface area contributed by atoms with Gasteiger partial charge in [0, 0.05) is 19.4 Å². The van der Waals surface area contributed by atoms with Gasteiger partial charge in [-0.3, -0.25) is 0 Å². The fourth-order valence-electron chi connectivity index (χ4n) is 1.76. The van der Waals surface area contributed by atoms with Crippen molar-refractivity contribution in [2.24, 2.45) is 0 Å². The third-order valence-electron chi connectivity index (χ3n) is 2.65. The number of benzene rings is 1. The lowest BCUT2D eigenvalue weighted by Crippen LogP contribution is -2.35. The number of carbonyl (C=O) groups excluding carboxylic acids is 1. The third kappa shape index (κ3) is 3.51. The highest BCUT2D eigenvalue weighted by atomic mass is 16.7. The van der Waals surface area contributed by atoms with Gasteiger partial charge in [-0.15, -0.1) is 0 Å². The summed E-state index contributed by atoms with van der Waals surface area (Å²) < 4.78 is 15.9. The first-order valence-electron chi connectivity index (χ1n) is 6.39. The van der Waals surface area contributed by atoms with Crippen molar-refractivity contribution in [2.45, 2.75) is 26.6 Å². The van der Waals surface area contributed by atoms with E-state index in [-0.39, 0.29) is 5.57 Å². The molecule has 0 spiro atoms. The van der Waals surface area contributed by atoms with Crippen LogP contribution in [0.3, 0.4) is 0 Å². The summed E-state index contributed by atoms with van der Waals surface area (Å²) in [6.07, 6.45) is 0.